The van der Waals surface area contributed by atoms with Crippen molar-refractivity contribution in [3.63, 3.8) is 0 Å². The zero-order valence-corrected chi connectivity index (χ0v) is 9.11. The van der Waals surface area contributed by atoms with E-state index in [0.717, 1.165) is 0 Å². The first-order valence-electron chi connectivity index (χ1n) is 5.26. The molecule has 0 bridgehead atoms. The van der Waals surface area contributed by atoms with Crippen molar-refractivity contribution in [1.82, 2.24) is 0 Å². The standard InChI is InChI=1S/C11H16F2O3/c1-16-11(15)3-2-7-4-9(12)8(6-14)10(13)5-7/h4,6-8,10-11,15H,2-3,5H2,1H3/t7?,8?,10?,11-/m0/s1. The fourth-order valence-corrected chi connectivity index (χ4v) is 1.84. The van der Waals surface area contributed by atoms with Crippen LogP contribution in [0.2, 0.25) is 0 Å². The summed E-state index contributed by atoms with van der Waals surface area (Å²) >= 11 is 0. The molecule has 0 saturated heterocycles. The maximum atomic E-state index is 13.3. The first kappa shape index (κ1) is 13.3. The Morgan fingerprint density at radius 1 is 1.75 bits per heavy atom. The summed E-state index contributed by atoms with van der Waals surface area (Å²) in [6, 6.07) is 0. The van der Waals surface area contributed by atoms with Gasteiger partial charge in [-0.05, 0) is 31.3 Å². The number of alkyl halides is 1. The van der Waals surface area contributed by atoms with Gasteiger partial charge in [0.1, 0.15) is 18.3 Å². The van der Waals surface area contributed by atoms with Crippen molar-refractivity contribution >= 4 is 6.29 Å². The van der Waals surface area contributed by atoms with Crippen LogP contribution in [0, 0.1) is 11.8 Å². The molecule has 1 aliphatic carbocycles. The third-order valence-corrected chi connectivity index (χ3v) is 2.83. The summed E-state index contributed by atoms with van der Waals surface area (Å²) in [5, 5.41) is 9.13. The van der Waals surface area contributed by atoms with Crippen LogP contribution in [0.5, 0.6) is 0 Å². The largest absolute Gasteiger partial charge is 0.368 e. The molecule has 0 radical (unpaired) electrons. The van der Waals surface area contributed by atoms with Crippen molar-refractivity contribution in [3.05, 3.63) is 11.9 Å². The summed E-state index contributed by atoms with van der Waals surface area (Å²) in [7, 11) is 1.36. The number of methoxy groups -OCH3 is 1. The quantitative estimate of drug-likeness (QED) is 0.582. The van der Waals surface area contributed by atoms with Crippen LogP contribution >= 0.6 is 0 Å². The Morgan fingerprint density at radius 3 is 2.94 bits per heavy atom. The van der Waals surface area contributed by atoms with E-state index in [4.69, 9.17) is 5.11 Å². The van der Waals surface area contributed by atoms with Crippen molar-refractivity contribution in [2.24, 2.45) is 11.8 Å². The topological polar surface area (TPSA) is 46.5 Å². The van der Waals surface area contributed by atoms with Crippen LogP contribution < -0.4 is 0 Å². The first-order valence-corrected chi connectivity index (χ1v) is 5.26. The summed E-state index contributed by atoms with van der Waals surface area (Å²) in [6.07, 6.45) is 0.0878. The SMILES string of the molecule is CO[C@H](O)CCC1C=C(F)C(C=O)C(F)C1. The van der Waals surface area contributed by atoms with Crippen LogP contribution in [0.3, 0.4) is 0 Å². The molecule has 5 heteroatoms. The van der Waals surface area contributed by atoms with Gasteiger partial charge in [-0.1, -0.05) is 0 Å². The molecule has 3 nitrogen and oxygen atoms in total. The number of aliphatic hydroxyl groups is 1. The van der Waals surface area contributed by atoms with E-state index >= 15 is 0 Å². The van der Waals surface area contributed by atoms with Gasteiger partial charge in [-0.2, -0.15) is 0 Å². The monoisotopic (exact) mass is 234 g/mol. The second-order valence-corrected chi connectivity index (χ2v) is 3.99. The predicted octanol–water partition coefficient (Wildman–Crippen LogP) is 1.76. The molecule has 92 valence electrons. The molecule has 0 spiro atoms. The van der Waals surface area contributed by atoms with E-state index in [1.54, 1.807) is 0 Å². The lowest BCUT2D eigenvalue weighted by atomic mass is 9.84. The molecule has 0 fully saturated rings. The van der Waals surface area contributed by atoms with Crippen LogP contribution in [-0.4, -0.2) is 31.0 Å². The average Bonchev–Trinajstić information content (AvgIpc) is 2.25. The molecule has 0 aromatic carbocycles. The van der Waals surface area contributed by atoms with Crippen molar-refractivity contribution in [2.45, 2.75) is 31.7 Å². The zero-order chi connectivity index (χ0) is 12.1. The minimum absolute atomic E-state index is 0.118. The second-order valence-electron chi connectivity index (χ2n) is 3.99. The Morgan fingerprint density at radius 2 is 2.44 bits per heavy atom. The summed E-state index contributed by atoms with van der Waals surface area (Å²) in [4.78, 5) is 10.4. The molecule has 1 N–H and O–H groups in total. The van der Waals surface area contributed by atoms with Gasteiger partial charge in [0.15, 0.2) is 6.29 Å². The van der Waals surface area contributed by atoms with E-state index < -0.39 is 24.2 Å². The minimum Gasteiger partial charge on any atom is -0.368 e. The van der Waals surface area contributed by atoms with Crippen LogP contribution in [0.25, 0.3) is 0 Å². The van der Waals surface area contributed by atoms with E-state index in [2.05, 4.69) is 4.74 Å². The Bertz CT molecular complexity index is 268. The second kappa shape index (κ2) is 6.06. The number of hydrogen-bond acceptors (Lipinski definition) is 3. The van der Waals surface area contributed by atoms with Gasteiger partial charge in [0, 0.05) is 7.11 Å². The van der Waals surface area contributed by atoms with E-state index in [0.29, 0.717) is 19.1 Å². The minimum atomic E-state index is -1.47. The van der Waals surface area contributed by atoms with Crippen molar-refractivity contribution in [1.29, 1.82) is 0 Å². The number of rotatable bonds is 5. The van der Waals surface area contributed by atoms with Crippen molar-refractivity contribution in [3.8, 4) is 0 Å². The lowest BCUT2D eigenvalue weighted by Gasteiger charge is -2.25. The molecular weight excluding hydrogens is 218 g/mol. The van der Waals surface area contributed by atoms with Crippen molar-refractivity contribution < 1.29 is 23.4 Å². The molecule has 0 saturated carbocycles. The highest BCUT2D eigenvalue weighted by Crippen LogP contribution is 2.33. The van der Waals surface area contributed by atoms with Crippen LogP contribution in [0.1, 0.15) is 19.3 Å². The van der Waals surface area contributed by atoms with E-state index in [1.807, 2.05) is 0 Å². The lowest BCUT2D eigenvalue weighted by molar-refractivity contribution is -0.112. The summed E-state index contributed by atoms with van der Waals surface area (Å²) in [6.45, 7) is 0. The molecule has 0 aromatic rings. The molecule has 4 atom stereocenters. The highest BCUT2D eigenvalue weighted by molar-refractivity contribution is 5.59. The van der Waals surface area contributed by atoms with Gasteiger partial charge in [0.05, 0.1) is 5.92 Å². The van der Waals surface area contributed by atoms with Gasteiger partial charge < -0.3 is 14.6 Å². The molecule has 1 aliphatic rings. The highest BCUT2D eigenvalue weighted by atomic mass is 19.1. The molecule has 0 aromatic heterocycles. The van der Waals surface area contributed by atoms with Gasteiger partial charge in [-0.25, -0.2) is 8.78 Å². The predicted molar refractivity (Wildman–Crippen MR) is 54.0 cm³/mol. The number of ether oxygens (including phenoxy) is 1. The maximum absolute atomic E-state index is 13.3. The van der Waals surface area contributed by atoms with Gasteiger partial charge in [0.25, 0.3) is 0 Å². The number of halogens is 2. The van der Waals surface area contributed by atoms with Gasteiger partial charge in [0.2, 0.25) is 0 Å². The molecule has 0 amide bonds. The average molecular weight is 234 g/mol. The molecule has 16 heavy (non-hydrogen) atoms. The summed E-state index contributed by atoms with van der Waals surface area (Å²) in [5.41, 5.74) is 0. The van der Waals surface area contributed by atoms with E-state index in [-0.39, 0.29) is 12.3 Å². The molecule has 3 unspecified atom stereocenters. The van der Waals surface area contributed by atoms with Gasteiger partial charge in [-0.3, -0.25) is 0 Å². The third kappa shape index (κ3) is 3.35. The fourth-order valence-electron chi connectivity index (χ4n) is 1.84. The third-order valence-electron chi connectivity index (χ3n) is 2.83. The maximum Gasteiger partial charge on any atom is 0.154 e. The fraction of sp³-hybridized carbons (Fsp3) is 0.727. The van der Waals surface area contributed by atoms with Crippen LogP contribution in [-0.2, 0) is 9.53 Å². The lowest BCUT2D eigenvalue weighted by Crippen LogP contribution is -2.26. The number of hydrogen-bond donors (Lipinski definition) is 1. The number of aldehydes is 1. The zero-order valence-electron chi connectivity index (χ0n) is 9.11. The van der Waals surface area contributed by atoms with E-state index in [9.17, 15) is 13.6 Å². The molecule has 0 heterocycles. The number of carbonyl (C=O) groups excluding carboxylic acids is 1. The Labute approximate surface area is 93.1 Å². The first-order chi connectivity index (χ1) is 7.58. The molecule has 0 aliphatic heterocycles. The Hall–Kier alpha value is -0.810. The van der Waals surface area contributed by atoms with Crippen LogP contribution in [0.4, 0.5) is 8.78 Å². The Balaban J connectivity index is 2.52. The Kier molecular flexibility index (Phi) is 5.02. The summed E-state index contributed by atoms with van der Waals surface area (Å²) < 4.78 is 31.2. The van der Waals surface area contributed by atoms with Crippen LogP contribution in [0.15, 0.2) is 11.9 Å². The summed E-state index contributed by atoms with van der Waals surface area (Å²) in [5.74, 6) is -2.23. The smallest absolute Gasteiger partial charge is 0.154 e. The molecular formula is C11H16F2O3. The van der Waals surface area contributed by atoms with Crippen molar-refractivity contribution in [2.75, 3.05) is 7.11 Å². The number of allylic oxidation sites excluding steroid dienone is 2. The molecule has 1 rings (SSSR count). The van der Waals surface area contributed by atoms with Gasteiger partial charge in [-0.15, -0.1) is 0 Å². The number of aliphatic hydroxyl groups excluding tert-OH is 1. The van der Waals surface area contributed by atoms with E-state index in [1.165, 1.54) is 13.2 Å². The number of carbonyl (C=O) groups is 1. The van der Waals surface area contributed by atoms with Gasteiger partial charge >= 0.3 is 0 Å². The highest BCUT2D eigenvalue weighted by Gasteiger charge is 2.32. The normalized spacial score (nSPS) is 32.0.